The van der Waals surface area contributed by atoms with Gasteiger partial charge >= 0.3 is 5.97 Å². The first-order chi connectivity index (χ1) is 9.70. The van der Waals surface area contributed by atoms with E-state index in [1.165, 1.54) is 7.11 Å². The van der Waals surface area contributed by atoms with E-state index in [1.54, 1.807) is 6.07 Å². The molecule has 0 aliphatic rings. The fraction of sp³-hybridized carbons (Fsp3) is 0.250. The summed E-state index contributed by atoms with van der Waals surface area (Å²) >= 11 is 0. The highest BCUT2D eigenvalue weighted by Gasteiger charge is 2.10. The van der Waals surface area contributed by atoms with E-state index >= 15 is 0 Å². The highest BCUT2D eigenvalue weighted by atomic mass is 16.5. The zero-order valence-corrected chi connectivity index (χ0v) is 11.7. The molecule has 1 heterocycles. The second-order valence-electron chi connectivity index (χ2n) is 4.56. The first-order valence-electron chi connectivity index (χ1n) is 6.49. The largest absolute Gasteiger partial charge is 0.465 e. The van der Waals surface area contributed by atoms with Crippen LogP contribution in [0.3, 0.4) is 0 Å². The van der Waals surface area contributed by atoms with Gasteiger partial charge in [0.2, 0.25) is 0 Å². The summed E-state index contributed by atoms with van der Waals surface area (Å²) < 4.78 is 4.78. The molecule has 20 heavy (non-hydrogen) atoms. The van der Waals surface area contributed by atoms with Crippen molar-refractivity contribution in [1.82, 2.24) is 10.3 Å². The molecule has 0 bridgehead atoms. The maximum atomic E-state index is 11.6. The Balaban J connectivity index is 1.97. The van der Waals surface area contributed by atoms with Crippen molar-refractivity contribution in [3.8, 4) is 0 Å². The smallest absolute Gasteiger partial charge is 0.338 e. The van der Waals surface area contributed by atoms with E-state index in [0.717, 1.165) is 16.8 Å². The molecule has 104 valence electrons. The van der Waals surface area contributed by atoms with Gasteiger partial charge in [-0.25, -0.2) is 4.79 Å². The third-order valence-electron chi connectivity index (χ3n) is 3.04. The summed E-state index contributed by atoms with van der Waals surface area (Å²) in [6.07, 6.45) is 1.86. The van der Waals surface area contributed by atoms with Gasteiger partial charge in [-0.15, -0.1) is 0 Å². The number of benzene rings is 1. The van der Waals surface area contributed by atoms with Crippen molar-refractivity contribution in [2.45, 2.75) is 20.0 Å². The van der Waals surface area contributed by atoms with E-state index in [9.17, 15) is 4.79 Å². The number of methoxy groups -OCH3 is 1. The maximum Gasteiger partial charge on any atom is 0.338 e. The molecule has 0 radical (unpaired) electrons. The zero-order chi connectivity index (χ0) is 14.4. The molecule has 2 aromatic rings. The Morgan fingerprint density at radius 2 is 2.00 bits per heavy atom. The Morgan fingerprint density at radius 1 is 1.20 bits per heavy atom. The van der Waals surface area contributed by atoms with Crippen LogP contribution in [0, 0.1) is 6.92 Å². The van der Waals surface area contributed by atoms with Gasteiger partial charge < -0.3 is 10.1 Å². The van der Waals surface area contributed by atoms with Crippen LogP contribution in [0.25, 0.3) is 0 Å². The fourth-order valence-corrected chi connectivity index (χ4v) is 1.93. The quantitative estimate of drug-likeness (QED) is 0.848. The van der Waals surface area contributed by atoms with Gasteiger partial charge in [0.15, 0.2) is 0 Å². The fourth-order valence-electron chi connectivity index (χ4n) is 1.93. The Hall–Kier alpha value is -2.20. The third-order valence-corrected chi connectivity index (χ3v) is 3.04. The molecule has 0 fully saturated rings. The number of esters is 1. The Kier molecular flexibility index (Phi) is 4.85. The lowest BCUT2D eigenvalue weighted by atomic mass is 10.1. The van der Waals surface area contributed by atoms with Crippen LogP contribution in [-0.4, -0.2) is 18.1 Å². The number of aryl methyl sites for hydroxylation is 1. The second kappa shape index (κ2) is 6.82. The summed E-state index contributed by atoms with van der Waals surface area (Å²) in [6.45, 7) is 3.28. The molecule has 0 amide bonds. The molecule has 1 aromatic carbocycles. The van der Waals surface area contributed by atoms with Crippen molar-refractivity contribution in [2.75, 3.05) is 7.11 Å². The van der Waals surface area contributed by atoms with Gasteiger partial charge in [-0.2, -0.15) is 0 Å². The first kappa shape index (κ1) is 14.2. The van der Waals surface area contributed by atoms with Gasteiger partial charge in [-0.05, 0) is 30.2 Å². The molecule has 0 unspecified atom stereocenters. The Bertz CT molecular complexity index is 579. The number of aromatic nitrogens is 1. The topological polar surface area (TPSA) is 51.2 Å². The summed E-state index contributed by atoms with van der Waals surface area (Å²) in [5, 5.41) is 3.31. The molecule has 4 nitrogen and oxygen atoms in total. The van der Waals surface area contributed by atoms with Crippen LogP contribution in [0.5, 0.6) is 0 Å². The van der Waals surface area contributed by atoms with Crippen LogP contribution in [0.2, 0.25) is 0 Å². The van der Waals surface area contributed by atoms with Crippen LogP contribution in [0.4, 0.5) is 0 Å². The van der Waals surface area contributed by atoms with Crippen molar-refractivity contribution in [1.29, 1.82) is 0 Å². The molecule has 0 atom stereocenters. The van der Waals surface area contributed by atoms with E-state index < -0.39 is 0 Å². The van der Waals surface area contributed by atoms with Crippen LogP contribution >= 0.6 is 0 Å². The Labute approximate surface area is 118 Å². The van der Waals surface area contributed by atoms with Crippen molar-refractivity contribution >= 4 is 5.97 Å². The predicted octanol–water partition coefficient (Wildman–Crippen LogP) is 2.47. The minimum atomic E-state index is -0.306. The molecule has 4 heteroatoms. The van der Waals surface area contributed by atoms with Crippen LogP contribution in [0.1, 0.15) is 27.2 Å². The molecule has 0 aliphatic carbocycles. The minimum Gasteiger partial charge on any atom is -0.465 e. The second-order valence-corrected chi connectivity index (χ2v) is 4.56. The normalized spacial score (nSPS) is 10.3. The van der Waals surface area contributed by atoms with Gasteiger partial charge in [0, 0.05) is 25.0 Å². The van der Waals surface area contributed by atoms with Gasteiger partial charge in [-0.3, -0.25) is 4.98 Å². The van der Waals surface area contributed by atoms with Crippen molar-refractivity contribution in [2.24, 2.45) is 0 Å². The molecule has 0 aliphatic heterocycles. The number of carbonyl (C=O) groups is 1. The molecule has 2 rings (SSSR count). The lowest BCUT2D eigenvalue weighted by molar-refractivity contribution is 0.0599. The maximum absolute atomic E-state index is 11.6. The Morgan fingerprint density at radius 3 is 2.70 bits per heavy atom. The van der Waals surface area contributed by atoms with Crippen molar-refractivity contribution in [3.05, 3.63) is 65.0 Å². The lowest BCUT2D eigenvalue weighted by Crippen LogP contribution is -2.16. The predicted molar refractivity (Wildman–Crippen MR) is 77.3 cm³/mol. The van der Waals surface area contributed by atoms with E-state index in [4.69, 9.17) is 4.74 Å². The number of hydrogen-bond donors (Lipinski definition) is 1. The number of pyridine rings is 1. The molecule has 0 saturated heterocycles. The van der Waals surface area contributed by atoms with Gasteiger partial charge in [0.05, 0.1) is 12.7 Å². The third kappa shape index (κ3) is 3.65. The summed E-state index contributed by atoms with van der Waals surface area (Å²) in [7, 11) is 1.39. The van der Waals surface area contributed by atoms with E-state index in [-0.39, 0.29) is 5.97 Å². The number of carbonyl (C=O) groups excluding carboxylic acids is 1. The molecular weight excluding hydrogens is 252 g/mol. The first-order valence-corrected chi connectivity index (χ1v) is 6.49. The molecular formula is C16H18N2O2. The molecule has 0 saturated carbocycles. The van der Waals surface area contributed by atoms with Gasteiger partial charge in [-0.1, -0.05) is 24.3 Å². The average molecular weight is 270 g/mol. The van der Waals surface area contributed by atoms with E-state index in [1.807, 2.05) is 43.5 Å². The van der Waals surface area contributed by atoms with Crippen LogP contribution in [0.15, 0.2) is 42.6 Å². The summed E-state index contributed by atoms with van der Waals surface area (Å²) in [4.78, 5) is 15.9. The van der Waals surface area contributed by atoms with E-state index in [0.29, 0.717) is 18.7 Å². The summed E-state index contributed by atoms with van der Waals surface area (Å²) in [5.74, 6) is -0.306. The lowest BCUT2D eigenvalue weighted by Gasteiger charge is -2.09. The SMILES string of the molecule is COC(=O)c1ccccc1CNCc1ccc(C)nc1. The highest BCUT2D eigenvalue weighted by Crippen LogP contribution is 2.10. The number of nitrogens with zero attached hydrogens (tertiary/aromatic N) is 1. The zero-order valence-electron chi connectivity index (χ0n) is 11.7. The van der Waals surface area contributed by atoms with E-state index in [2.05, 4.69) is 10.3 Å². The summed E-state index contributed by atoms with van der Waals surface area (Å²) in [6, 6.07) is 11.5. The molecule has 1 aromatic heterocycles. The van der Waals surface area contributed by atoms with Crippen molar-refractivity contribution < 1.29 is 9.53 Å². The van der Waals surface area contributed by atoms with Crippen LogP contribution < -0.4 is 5.32 Å². The molecule has 0 spiro atoms. The average Bonchev–Trinajstić information content (AvgIpc) is 2.49. The van der Waals surface area contributed by atoms with Crippen LogP contribution in [-0.2, 0) is 17.8 Å². The summed E-state index contributed by atoms with van der Waals surface area (Å²) in [5.41, 5.74) is 3.65. The number of nitrogens with one attached hydrogen (secondary N) is 1. The number of ether oxygens (including phenoxy) is 1. The van der Waals surface area contributed by atoms with Gasteiger partial charge in [0.1, 0.15) is 0 Å². The standard InChI is InChI=1S/C16H18N2O2/c1-12-7-8-13(10-18-12)9-17-11-14-5-3-4-6-15(14)16(19)20-2/h3-8,10,17H,9,11H2,1-2H3. The minimum absolute atomic E-state index is 0.306. The number of hydrogen-bond acceptors (Lipinski definition) is 4. The highest BCUT2D eigenvalue weighted by molar-refractivity contribution is 5.90. The number of rotatable bonds is 5. The monoisotopic (exact) mass is 270 g/mol. The van der Waals surface area contributed by atoms with Crippen molar-refractivity contribution in [3.63, 3.8) is 0 Å². The van der Waals surface area contributed by atoms with Gasteiger partial charge in [0.25, 0.3) is 0 Å². The molecule has 1 N–H and O–H groups in total.